The smallest absolute Gasteiger partial charge is 0.246 e. The number of sulfonamides is 1. The van der Waals surface area contributed by atoms with E-state index in [1.165, 1.54) is 17.5 Å². The Morgan fingerprint density at radius 1 is 1.03 bits per heavy atom. The summed E-state index contributed by atoms with van der Waals surface area (Å²) >= 11 is 0. The number of aromatic nitrogens is 2. The van der Waals surface area contributed by atoms with Gasteiger partial charge in [0, 0.05) is 19.7 Å². The third-order valence-electron chi connectivity index (χ3n) is 5.46. The van der Waals surface area contributed by atoms with Crippen molar-refractivity contribution in [2.45, 2.75) is 38.8 Å². The summed E-state index contributed by atoms with van der Waals surface area (Å²) in [7, 11) is -0.640. The second-order valence-electron chi connectivity index (χ2n) is 9.13. The van der Waals surface area contributed by atoms with E-state index in [-0.39, 0.29) is 17.9 Å². The third-order valence-corrected chi connectivity index (χ3v) is 6.72. The van der Waals surface area contributed by atoms with Gasteiger partial charge in [-0.25, -0.2) is 8.42 Å². The number of rotatable bonds is 7. The van der Waals surface area contributed by atoms with E-state index in [4.69, 9.17) is 4.52 Å². The van der Waals surface area contributed by atoms with Crippen molar-refractivity contribution in [3.05, 3.63) is 71.6 Å². The van der Waals surface area contributed by atoms with E-state index < -0.39 is 22.0 Å². The van der Waals surface area contributed by atoms with E-state index in [2.05, 4.69) is 30.9 Å². The highest BCUT2D eigenvalue weighted by Crippen LogP contribution is 2.26. The summed E-state index contributed by atoms with van der Waals surface area (Å²) in [5.74, 6) is 0.289. The summed E-state index contributed by atoms with van der Waals surface area (Å²) in [5.41, 5.74) is 2.62. The van der Waals surface area contributed by atoms with Gasteiger partial charge in [-0.05, 0) is 16.5 Å². The molecule has 0 N–H and O–H groups in total. The monoisotopic (exact) mass is 470 g/mol. The Kier molecular flexibility index (Phi) is 7.04. The molecule has 8 nitrogen and oxygen atoms in total. The van der Waals surface area contributed by atoms with Crippen LogP contribution in [0.4, 0.5) is 0 Å². The van der Waals surface area contributed by atoms with Gasteiger partial charge in [-0.3, -0.25) is 4.79 Å². The van der Waals surface area contributed by atoms with Gasteiger partial charge >= 0.3 is 0 Å². The molecule has 0 aliphatic heterocycles. The highest BCUT2D eigenvalue weighted by atomic mass is 32.2. The summed E-state index contributed by atoms with van der Waals surface area (Å²) < 4.78 is 30.8. The maximum absolute atomic E-state index is 13.3. The lowest BCUT2D eigenvalue weighted by atomic mass is 9.87. The van der Waals surface area contributed by atoms with Crippen molar-refractivity contribution >= 4 is 15.9 Å². The van der Waals surface area contributed by atoms with Gasteiger partial charge in [-0.15, -0.1) is 0 Å². The summed E-state index contributed by atoms with van der Waals surface area (Å²) in [6, 6.07) is 15.7. The fourth-order valence-electron chi connectivity index (χ4n) is 3.38. The Bertz CT molecular complexity index is 1200. The Morgan fingerprint density at radius 3 is 2.18 bits per heavy atom. The predicted molar refractivity (Wildman–Crippen MR) is 127 cm³/mol. The van der Waals surface area contributed by atoms with E-state index in [0.717, 1.165) is 16.1 Å². The van der Waals surface area contributed by atoms with Crippen molar-refractivity contribution in [3.8, 4) is 11.4 Å². The van der Waals surface area contributed by atoms with Crippen LogP contribution in [-0.2, 0) is 26.8 Å². The van der Waals surface area contributed by atoms with Gasteiger partial charge < -0.3 is 9.42 Å². The molecule has 2 aromatic carbocycles. The fourth-order valence-corrected chi connectivity index (χ4v) is 3.97. The molecule has 0 spiro atoms. The second kappa shape index (κ2) is 9.44. The number of hydrogen-bond donors (Lipinski definition) is 0. The van der Waals surface area contributed by atoms with Crippen LogP contribution in [-0.4, -0.2) is 54.0 Å². The molecule has 0 bridgehead atoms. The maximum Gasteiger partial charge on any atom is 0.246 e. The number of likely N-dealkylation sites (N-methyl/N-ethyl adjacent to an activating group) is 2. The van der Waals surface area contributed by atoms with E-state index in [1.54, 1.807) is 31.3 Å². The van der Waals surface area contributed by atoms with E-state index in [9.17, 15) is 13.2 Å². The largest absolute Gasteiger partial charge is 0.337 e. The number of amides is 1. The molecule has 0 radical (unpaired) electrons. The topological polar surface area (TPSA) is 96.6 Å². The molecule has 1 heterocycles. The lowest BCUT2D eigenvalue weighted by molar-refractivity contribution is -0.134. The van der Waals surface area contributed by atoms with Gasteiger partial charge in [-0.1, -0.05) is 80.5 Å². The Morgan fingerprint density at radius 2 is 1.64 bits per heavy atom. The summed E-state index contributed by atoms with van der Waals surface area (Å²) in [6.07, 6.45) is 1.07. The summed E-state index contributed by atoms with van der Waals surface area (Å²) in [5, 5.41) is 4.04. The maximum atomic E-state index is 13.3. The van der Waals surface area contributed by atoms with Crippen LogP contribution in [0, 0.1) is 0 Å². The van der Waals surface area contributed by atoms with Gasteiger partial charge in [0.15, 0.2) is 0 Å². The van der Waals surface area contributed by atoms with Crippen LogP contribution in [0.1, 0.15) is 43.8 Å². The molecule has 0 aliphatic carbocycles. The molecule has 1 unspecified atom stereocenters. The average molecular weight is 471 g/mol. The highest BCUT2D eigenvalue weighted by Gasteiger charge is 2.33. The molecule has 0 aliphatic rings. The standard InChI is InChI=1S/C24H30N4O4S/c1-24(2,3)19-14-12-18(13-15-19)22-25-20(32-26-22)16-27(4)23(29)21(28(5)33(6,30)31)17-10-8-7-9-11-17/h7-15,21H,16H2,1-6H3. The van der Waals surface area contributed by atoms with Crippen molar-refractivity contribution in [1.82, 2.24) is 19.3 Å². The lowest BCUT2D eigenvalue weighted by Crippen LogP contribution is -2.41. The van der Waals surface area contributed by atoms with E-state index in [1.807, 2.05) is 30.3 Å². The van der Waals surface area contributed by atoms with Gasteiger partial charge in [0.25, 0.3) is 0 Å². The fraction of sp³-hybridized carbons (Fsp3) is 0.375. The van der Waals surface area contributed by atoms with Gasteiger partial charge in [-0.2, -0.15) is 9.29 Å². The molecule has 9 heteroatoms. The molecular formula is C24H30N4O4S. The van der Waals surface area contributed by atoms with Crippen LogP contribution < -0.4 is 0 Å². The first-order valence-corrected chi connectivity index (χ1v) is 12.4. The zero-order chi connectivity index (χ0) is 24.4. The minimum Gasteiger partial charge on any atom is -0.337 e. The molecule has 1 aromatic heterocycles. The number of carbonyl (C=O) groups is 1. The van der Waals surface area contributed by atoms with Crippen molar-refractivity contribution in [3.63, 3.8) is 0 Å². The first-order chi connectivity index (χ1) is 15.4. The van der Waals surface area contributed by atoms with E-state index in [0.29, 0.717) is 11.4 Å². The summed E-state index contributed by atoms with van der Waals surface area (Å²) in [6.45, 7) is 6.48. The second-order valence-corrected chi connectivity index (χ2v) is 11.2. The highest BCUT2D eigenvalue weighted by molar-refractivity contribution is 7.88. The Balaban J connectivity index is 1.79. The van der Waals surface area contributed by atoms with Gasteiger partial charge in [0.2, 0.25) is 27.6 Å². The van der Waals surface area contributed by atoms with Crippen LogP contribution in [0.15, 0.2) is 59.1 Å². The van der Waals surface area contributed by atoms with Crippen LogP contribution >= 0.6 is 0 Å². The van der Waals surface area contributed by atoms with Crippen LogP contribution in [0.25, 0.3) is 11.4 Å². The Hall–Kier alpha value is -3.04. The van der Waals surface area contributed by atoms with Crippen LogP contribution in [0.3, 0.4) is 0 Å². The lowest BCUT2D eigenvalue weighted by Gasteiger charge is -2.29. The Labute approximate surface area is 195 Å². The minimum atomic E-state index is -3.61. The van der Waals surface area contributed by atoms with Crippen molar-refractivity contribution in [1.29, 1.82) is 0 Å². The van der Waals surface area contributed by atoms with Crippen LogP contribution in [0.5, 0.6) is 0 Å². The predicted octanol–water partition coefficient (Wildman–Crippen LogP) is 3.63. The third kappa shape index (κ3) is 5.85. The van der Waals surface area contributed by atoms with Crippen LogP contribution in [0.2, 0.25) is 0 Å². The normalized spacial score (nSPS) is 13.2. The summed E-state index contributed by atoms with van der Waals surface area (Å²) in [4.78, 5) is 19.1. The van der Waals surface area contributed by atoms with Crippen molar-refractivity contribution in [2.24, 2.45) is 0 Å². The number of benzene rings is 2. The molecule has 33 heavy (non-hydrogen) atoms. The zero-order valence-electron chi connectivity index (χ0n) is 19.8. The minimum absolute atomic E-state index is 0.0401. The molecule has 0 saturated carbocycles. The average Bonchev–Trinajstić information content (AvgIpc) is 3.22. The molecule has 0 fully saturated rings. The first kappa shape index (κ1) is 24.6. The van der Waals surface area contributed by atoms with Crippen molar-refractivity contribution < 1.29 is 17.7 Å². The first-order valence-electron chi connectivity index (χ1n) is 10.5. The SMILES string of the molecule is CN(Cc1nc(-c2ccc(C(C)(C)C)cc2)no1)C(=O)C(c1ccccc1)N(C)S(C)(=O)=O. The molecule has 3 rings (SSSR count). The van der Waals surface area contributed by atoms with E-state index >= 15 is 0 Å². The number of nitrogens with zero attached hydrogens (tertiary/aromatic N) is 4. The molecule has 1 amide bonds. The number of hydrogen-bond acceptors (Lipinski definition) is 6. The molecule has 3 aromatic rings. The molecule has 0 saturated heterocycles. The number of carbonyl (C=O) groups excluding carboxylic acids is 1. The zero-order valence-corrected chi connectivity index (χ0v) is 20.6. The quantitative estimate of drug-likeness (QED) is 0.523. The van der Waals surface area contributed by atoms with Gasteiger partial charge in [0.05, 0.1) is 12.8 Å². The van der Waals surface area contributed by atoms with Crippen molar-refractivity contribution in [2.75, 3.05) is 20.4 Å². The molecule has 1 atom stereocenters. The molecule has 176 valence electrons. The molecular weight excluding hydrogens is 440 g/mol. The van der Waals surface area contributed by atoms with Gasteiger partial charge in [0.1, 0.15) is 6.04 Å².